The molecular weight excluding hydrogens is 340 g/mol. The van der Waals surface area contributed by atoms with Crippen molar-refractivity contribution in [2.24, 2.45) is 5.92 Å². The second kappa shape index (κ2) is 7.91. The molecule has 2 aromatic rings. The van der Waals surface area contributed by atoms with Crippen molar-refractivity contribution in [3.63, 3.8) is 0 Å². The first-order valence-corrected chi connectivity index (χ1v) is 9.71. The molecule has 0 atom stereocenters. The third-order valence-electron chi connectivity index (χ3n) is 5.38. The Hall–Kier alpha value is -2.69. The number of hydrogen-bond acceptors (Lipinski definition) is 4. The van der Waals surface area contributed by atoms with Crippen LogP contribution in [0.4, 0.5) is 11.4 Å². The number of fused-ring (bicyclic) bond motifs is 1. The topological polar surface area (TPSA) is 50.8 Å². The number of nitrogens with one attached hydrogen (secondary N) is 1. The van der Waals surface area contributed by atoms with Gasteiger partial charge in [0.2, 0.25) is 12.7 Å². The van der Waals surface area contributed by atoms with Crippen LogP contribution in [0.25, 0.3) is 0 Å². The van der Waals surface area contributed by atoms with Crippen LogP contribution in [0.15, 0.2) is 42.5 Å². The molecule has 2 aliphatic heterocycles. The number of ether oxygens (including phenoxy) is 2. The summed E-state index contributed by atoms with van der Waals surface area (Å²) in [6.07, 6.45) is 3.61. The third kappa shape index (κ3) is 4.35. The van der Waals surface area contributed by atoms with Crippen LogP contribution in [0.2, 0.25) is 0 Å². The van der Waals surface area contributed by atoms with Gasteiger partial charge in [-0.25, -0.2) is 0 Å². The number of aryl methyl sites for hydroxylation is 1. The van der Waals surface area contributed by atoms with Gasteiger partial charge in [0.15, 0.2) is 11.5 Å². The fraction of sp³-hybridized carbons (Fsp3) is 0.409. The van der Waals surface area contributed by atoms with Crippen LogP contribution in [0, 0.1) is 5.92 Å². The first-order valence-electron chi connectivity index (χ1n) is 9.71. The van der Waals surface area contributed by atoms with Crippen molar-refractivity contribution in [3.8, 4) is 11.5 Å². The molecule has 0 saturated carbocycles. The van der Waals surface area contributed by atoms with Gasteiger partial charge in [-0.15, -0.1) is 0 Å². The number of carbonyl (C=O) groups is 1. The Morgan fingerprint density at radius 3 is 2.59 bits per heavy atom. The van der Waals surface area contributed by atoms with Gasteiger partial charge >= 0.3 is 0 Å². The van der Waals surface area contributed by atoms with Gasteiger partial charge in [-0.3, -0.25) is 4.79 Å². The molecule has 5 nitrogen and oxygen atoms in total. The predicted molar refractivity (Wildman–Crippen MR) is 107 cm³/mol. The molecule has 2 heterocycles. The molecule has 0 aliphatic carbocycles. The van der Waals surface area contributed by atoms with E-state index in [0.29, 0.717) is 12.8 Å². The van der Waals surface area contributed by atoms with Gasteiger partial charge in [0.05, 0.1) is 0 Å². The largest absolute Gasteiger partial charge is 0.454 e. The Morgan fingerprint density at radius 1 is 1.07 bits per heavy atom. The Morgan fingerprint density at radius 2 is 1.81 bits per heavy atom. The van der Waals surface area contributed by atoms with Crippen LogP contribution < -0.4 is 19.7 Å². The molecule has 27 heavy (non-hydrogen) atoms. The molecule has 0 aromatic heterocycles. The lowest BCUT2D eigenvalue weighted by molar-refractivity contribution is -0.116. The van der Waals surface area contributed by atoms with Crippen LogP contribution >= 0.6 is 0 Å². The van der Waals surface area contributed by atoms with E-state index in [9.17, 15) is 4.79 Å². The fourth-order valence-corrected chi connectivity index (χ4v) is 3.60. The summed E-state index contributed by atoms with van der Waals surface area (Å²) in [6, 6.07) is 14.0. The van der Waals surface area contributed by atoms with Crippen molar-refractivity contribution in [3.05, 3.63) is 48.0 Å². The lowest BCUT2D eigenvalue weighted by Crippen LogP contribution is -2.32. The molecule has 1 saturated heterocycles. The predicted octanol–water partition coefficient (Wildman–Crippen LogP) is 4.22. The summed E-state index contributed by atoms with van der Waals surface area (Å²) in [4.78, 5) is 14.7. The van der Waals surface area contributed by atoms with Gasteiger partial charge in [0.1, 0.15) is 0 Å². The van der Waals surface area contributed by atoms with Crippen LogP contribution in [0.5, 0.6) is 11.5 Å². The van der Waals surface area contributed by atoms with Crippen LogP contribution in [0.1, 0.15) is 31.7 Å². The number of hydrogen-bond donors (Lipinski definition) is 1. The van der Waals surface area contributed by atoms with Crippen LogP contribution in [-0.2, 0) is 11.2 Å². The molecule has 1 N–H and O–H groups in total. The molecule has 142 valence electrons. The summed E-state index contributed by atoms with van der Waals surface area (Å²) in [5, 5.41) is 2.99. The van der Waals surface area contributed by atoms with Gasteiger partial charge < -0.3 is 19.7 Å². The van der Waals surface area contributed by atoms with E-state index in [2.05, 4.69) is 29.3 Å². The highest BCUT2D eigenvalue weighted by Crippen LogP contribution is 2.32. The zero-order valence-corrected chi connectivity index (χ0v) is 15.7. The number of piperidine rings is 1. The number of nitrogens with zero attached hydrogens (tertiary/aromatic N) is 1. The van der Waals surface area contributed by atoms with Gasteiger partial charge in [-0.2, -0.15) is 0 Å². The molecule has 2 aromatic carbocycles. The van der Waals surface area contributed by atoms with Gasteiger partial charge in [-0.1, -0.05) is 13.0 Å². The van der Waals surface area contributed by atoms with Crippen molar-refractivity contribution < 1.29 is 14.3 Å². The molecule has 0 unspecified atom stereocenters. The minimum Gasteiger partial charge on any atom is -0.454 e. The average molecular weight is 366 g/mol. The number of anilines is 2. The highest BCUT2D eigenvalue weighted by Gasteiger charge is 2.16. The SMILES string of the molecule is CC1CCN(c2ccc(NC(=O)CCc3ccc4c(c3)OCO4)cc2)CC1. The number of carbonyl (C=O) groups excluding carboxylic acids is 1. The molecule has 1 amide bonds. The molecule has 0 radical (unpaired) electrons. The second-order valence-corrected chi connectivity index (χ2v) is 7.45. The zero-order valence-electron chi connectivity index (χ0n) is 15.7. The molecule has 5 heteroatoms. The highest BCUT2D eigenvalue weighted by molar-refractivity contribution is 5.91. The molecule has 2 aliphatic rings. The normalized spacial score (nSPS) is 16.4. The van der Waals surface area contributed by atoms with Crippen molar-refractivity contribution in [2.45, 2.75) is 32.6 Å². The van der Waals surface area contributed by atoms with Crippen LogP contribution in [-0.4, -0.2) is 25.8 Å². The number of amides is 1. The Balaban J connectivity index is 1.28. The molecule has 0 bridgehead atoms. The fourth-order valence-electron chi connectivity index (χ4n) is 3.60. The molecule has 0 spiro atoms. The zero-order chi connectivity index (χ0) is 18.6. The summed E-state index contributed by atoms with van der Waals surface area (Å²) in [6.45, 7) is 4.82. The lowest BCUT2D eigenvalue weighted by atomic mass is 9.99. The highest BCUT2D eigenvalue weighted by atomic mass is 16.7. The maximum absolute atomic E-state index is 12.3. The van der Waals surface area contributed by atoms with Crippen molar-refractivity contribution in [1.29, 1.82) is 0 Å². The summed E-state index contributed by atoms with van der Waals surface area (Å²) in [7, 11) is 0. The van der Waals surface area contributed by atoms with Crippen LogP contribution in [0.3, 0.4) is 0 Å². The summed E-state index contributed by atoms with van der Waals surface area (Å²) >= 11 is 0. The minimum absolute atomic E-state index is 0.0206. The van der Waals surface area contributed by atoms with E-state index in [-0.39, 0.29) is 12.7 Å². The smallest absolute Gasteiger partial charge is 0.231 e. The van der Waals surface area contributed by atoms with E-state index in [1.165, 1.54) is 18.5 Å². The summed E-state index contributed by atoms with van der Waals surface area (Å²) < 4.78 is 10.7. The van der Waals surface area contributed by atoms with E-state index >= 15 is 0 Å². The van der Waals surface area contributed by atoms with E-state index in [1.807, 2.05) is 30.3 Å². The summed E-state index contributed by atoms with van der Waals surface area (Å²) in [5.41, 5.74) is 3.16. The van der Waals surface area contributed by atoms with Gasteiger partial charge in [0, 0.05) is 30.9 Å². The standard InChI is InChI=1S/C22H26N2O3/c1-16-10-12-24(13-11-16)19-6-4-18(5-7-19)23-22(25)9-3-17-2-8-20-21(14-17)27-15-26-20/h2,4-8,14,16H,3,9-13,15H2,1H3,(H,23,25). The Bertz CT molecular complexity index is 796. The van der Waals surface area contributed by atoms with E-state index in [0.717, 1.165) is 41.8 Å². The first kappa shape index (κ1) is 17.7. The van der Waals surface area contributed by atoms with Crippen molar-refractivity contribution in [1.82, 2.24) is 0 Å². The quantitative estimate of drug-likeness (QED) is 0.861. The minimum atomic E-state index is 0.0206. The lowest BCUT2D eigenvalue weighted by Gasteiger charge is -2.32. The average Bonchev–Trinajstić information content (AvgIpc) is 3.15. The summed E-state index contributed by atoms with van der Waals surface area (Å²) in [5.74, 6) is 2.37. The van der Waals surface area contributed by atoms with E-state index in [1.54, 1.807) is 0 Å². The van der Waals surface area contributed by atoms with Crippen molar-refractivity contribution in [2.75, 3.05) is 30.1 Å². The van der Waals surface area contributed by atoms with Crippen molar-refractivity contribution >= 4 is 17.3 Å². The number of rotatable bonds is 5. The van der Waals surface area contributed by atoms with E-state index < -0.39 is 0 Å². The molecule has 1 fully saturated rings. The van der Waals surface area contributed by atoms with Gasteiger partial charge in [0.25, 0.3) is 0 Å². The second-order valence-electron chi connectivity index (χ2n) is 7.45. The molecular formula is C22H26N2O3. The Kier molecular flexibility index (Phi) is 5.19. The monoisotopic (exact) mass is 366 g/mol. The maximum Gasteiger partial charge on any atom is 0.231 e. The molecule has 4 rings (SSSR count). The van der Waals surface area contributed by atoms with Gasteiger partial charge in [-0.05, 0) is 67.1 Å². The maximum atomic E-state index is 12.3. The third-order valence-corrected chi connectivity index (χ3v) is 5.38. The Labute approximate surface area is 160 Å². The number of benzene rings is 2. The first-order chi connectivity index (χ1) is 13.2. The van der Waals surface area contributed by atoms with E-state index in [4.69, 9.17) is 9.47 Å².